The second-order valence-corrected chi connectivity index (χ2v) is 4.95. The number of anilines is 1. The molecule has 1 aromatic rings. The van der Waals surface area contributed by atoms with Crippen LogP contribution in [0.5, 0.6) is 5.75 Å². The summed E-state index contributed by atoms with van der Waals surface area (Å²) in [5.41, 5.74) is 0.689. The zero-order valence-electron chi connectivity index (χ0n) is 12.7. The minimum Gasteiger partial charge on any atom is -0.495 e. The molecule has 0 aromatic heterocycles. The molecule has 112 valence electrons. The van der Waals surface area contributed by atoms with E-state index in [-0.39, 0.29) is 6.03 Å². The van der Waals surface area contributed by atoms with Crippen LogP contribution in [0.1, 0.15) is 39.5 Å². The largest absolute Gasteiger partial charge is 0.495 e. The van der Waals surface area contributed by atoms with Crippen molar-refractivity contribution in [3.8, 4) is 5.75 Å². The lowest BCUT2D eigenvalue weighted by Crippen LogP contribution is -2.33. The molecule has 4 heteroatoms. The number of para-hydroxylation sites is 2. The van der Waals surface area contributed by atoms with Gasteiger partial charge in [0.2, 0.25) is 0 Å². The molecular weight excluding hydrogens is 252 g/mol. The highest BCUT2D eigenvalue weighted by Gasteiger charge is 2.09. The van der Waals surface area contributed by atoms with Crippen molar-refractivity contribution in [3.05, 3.63) is 24.3 Å². The average molecular weight is 278 g/mol. The van der Waals surface area contributed by atoms with Crippen LogP contribution in [-0.2, 0) is 0 Å². The van der Waals surface area contributed by atoms with Gasteiger partial charge in [0.05, 0.1) is 12.8 Å². The van der Waals surface area contributed by atoms with Crippen LogP contribution in [0.2, 0.25) is 0 Å². The van der Waals surface area contributed by atoms with E-state index in [0.29, 0.717) is 17.4 Å². The van der Waals surface area contributed by atoms with E-state index >= 15 is 0 Å². The van der Waals surface area contributed by atoms with Crippen molar-refractivity contribution in [2.45, 2.75) is 39.5 Å². The number of rotatable bonds is 8. The second kappa shape index (κ2) is 9.23. The molecule has 2 amide bonds. The summed E-state index contributed by atoms with van der Waals surface area (Å²) in [6.45, 7) is 5.08. The standard InChI is InChI=1S/C16H26N2O2/c1-4-6-9-13(5-2)12-17-16(19)18-14-10-7-8-11-15(14)20-3/h7-8,10-11,13H,4-6,9,12H2,1-3H3,(H2,17,18,19)/t13-/m0/s1. The Morgan fingerprint density at radius 2 is 2.05 bits per heavy atom. The number of urea groups is 1. The van der Waals surface area contributed by atoms with Gasteiger partial charge in [-0.3, -0.25) is 0 Å². The number of nitrogens with one attached hydrogen (secondary N) is 2. The topological polar surface area (TPSA) is 50.4 Å². The van der Waals surface area contributed by atoms with E-state index < -0.39 is 0 Å². The highest BCUT2D eigenvalue weighted by Crippen LogP contribution is 2.22. The first-order valence-corrected chi connectivity index (χ1v) is 7.39. The summed E-state index contributed by atoms with van der Waals surface area (Å²) in [6.07, 6.45) is 4.68. The van der Waals surface area contributed by atoms with Crippen LogP contribution >= 0.6 is 0 Å². The lowest BCUT2D eigenvalue weighted by molar-refractivity contribution is 0.249. The van der Waals surface area contributed by atoms with E-state index in [1.807, 2.05) is 24.3 Å². The minimum absolute atomic E-state index is 0.176. The number of amides is 2. The molecule has 2 N–H and O–H groups in total. The molecular formula is C16H26N2O2. The molecule has 0 spiro atoms. The molecule has 4 nitrogen and oxygen atoms in total. The molecule has 0 aliphatic rings. The first kappa shape index (κ1) is 16.3. The van der Waals surface area contributed by atoms with Crippen LogP contribution in [0.25, 0.3) is 0 Å². The Morgan fingerprint density at radius 1 is 1.30 bits per heavy atom. The molecule has 0 saturated heterocycles. The smallest absolute Gasteiger partial charge is 0.319 e. The van der Waals surface area contributed by atoms with Crippen LogP contribution < -0.4 is 15.4 Å². The summed E-state index contributed by atoms with van der Waals surface area (Å²) >= 11 is 0. The van der Waals surface area contributed by atoms with Gasteiger partial charge in [0.25, 0.3) is 0 Å². The lowest BCUT2D eigenvalue weighted by Gasteiger charge is -2.16. The van der Waals surface area contributed by atoms with Gasteiger partial charge in [-0.05, 0) is 24.5 Å². The molecule has 0 fully saturated rings. The van der Waals surface area contributed by atoms with Gasteiger partial charge in [-0.2, -0.15) is 0 Å². The Kier molecular flexibility index (Phi) is 7.55. The normalized spacial score (nSPS) is 11.8. The van der Waals surface area contributed by atoms with Crippen molar-refractivity contribution >= 4 is 11.7 Å². The summed E-state index contributed by atoms with van der Waals surface area (Å²) in [5, 5.41) is 5.76. The summed E-state index contributed by atoms with van der Waals surface area (Å²) in [6, 6.07) is 7.22. The highest BCUT2D eigenvalue weighted by molar-refractivity contribution is 5.90. The number of benzene rings is 1. The Labute approximate surface area is 121 Å². The molecule has 0 aliphatic heterocycles. The molecule has 20 heavy (non-hydrogen) atoms. The SMILES string of the molecule is CCCC[C@H](CC)CNC(=O)Nc1ccccc1OC. The summed E-state index contributed by atoms with van der Waals surface area (Å²) in [4.78, 5) is 11.9. The third-order valence-corrected chi connectivity index (χ3v) is 3.45. The van der Waals surface area contributed by atoms with Crippen molar-refractivity contribution < 1.29 is 9.53 Å². The van der Waals surface area contributed by atoms with Gasteiger partial charge in [0.1, 0.15) is 5.75 Å². The first-order chi connectivity index (χ1) is 9.71. The van der Waals surface area contributed by atoms with Gasteiger partial charge >= 0.3 is 6.03 Å². The fourth-order valence-electron chi connectivity index (χ4n) is 2.09. The summed E-state index contributed by atoms with van der Waals surface area (Å²) in [7, 11) is 1.59. The fourth-order valence-corrected chi connectivity index (χ4v) is 2.09. The maximum absolute atomic E-state index is 11.9. The molecule has 0 aliphatic carbocycles. The van der Waals surface area contributed by atoms with Crippen molar-refractivity contribution in [2.75, 3.05) is 19.0 Å². The van der Waals surface area contributed by atoms with E-state index in [1.54, 1.807) is 7.11 Å². The van der Waals surface area contributed by atoms with Gasteiger partial charge in [0, 0.05) is 6.54 Å². The molecule has 0 bridgehead atoms. The lowest BCUT2D eigenvalue weighted by atomic mass is 9.99. The predicted molar refractivity (Wildman–Crippen MR) is 83.3 cm³/mol. The van der Waals surface area contributed by atoms with E-state index in [1.165, 1.54) is 19.3 Å². The Hall–Kier alpha value is -1.71. The van der Waals surface area contributed by atoms with E-state index in [4.69, 9.17) is 4.74 Å². The number of hydrogen-bond acceptors (Lipinski definition) is 2. The Balaban J connectivity index is 2.43. The Morgan fingerprint density at radius 3 is 2.70 bits per heavy atom. The number of carbonyl (C=O) groups is 1. The van der Waals surface area contributed by atoms with E-state index in [0.717, 1.165) is 13.0 Å². The van der Waals surface area contributed by atoms with Crippen molar-refractivity contribution in [3.63, 3.8) is 0 Å². The molecule has 0 saturated carbocycles. The summed E-state index contributed by atoms with van der Waals surface area (Å²) < 4.78 is 5.20. The van der Waals surface area contributed by atoms with Crippen LogP contribution in [0, 0.1) is 5.92 Å². The third kappa shape index (κ3) is 5.51. The number of ether oxygens (including phenoxy) is 1. The monoisotopic (exact) mass is 278 g/mol. The maximum atomic E-state index is 11.9. The highest BCUT2D eigenvalue weighted by atomic mass is 16.5. The minimum atomic E-state index is -0.176. The van der Waals surface area contributed by atoms with Gasteiger partial charge in [0.15, 0.2) is 0 Å². The molecule has 0 heterocycles. The quantitative estimate of drug-likeness (QED) is 0.754. The average Bonchev–Trinajstić information content (AvgIpc) is 2.48. The van der Waals surface area contributed by atoms with Crippen LogP contribution in [-0.4, -0.2) is 19.7 Å². The van der Waals surface area contributed by atoms with Gasteiger partial charge in [-0.25, -0.2) is 4.79 Å². The molecule has 0 radical (unpaired) electrons. The van der Waals surface area contributed by atoms with Gasteiger partial charge in [-0.15, -0.1) is 0 Å². The fraction of sp³-hybridized carbons (Fsp3) is 0.562. The molecule has 1 atom stereocenters. The molecule has 1 aromatic carbocycles. The van der Waals surface area contributed by atoms with Crippen molar-refractivity contribution in [1.82, 2.24) is 5.32 Å². The maximum Gasteiger partial charge on any atom is 0.319 e. The zero-order chi connectivity index (χ0) is 14.8. The van der Waals surface area contributed by atoms with Gasteiger partial charge < -0.3 is 15.4 Å². The first-order valence-electron chi connectivity index (χ1n) is 7.39. The Bertz CT molecular complexity index is 407. The number of carbonyl (C=O) groups excluding carboxylic acids is 1. The number of methoxy groups -OCH3 is 1. The summed E-state index contributed by atoms with van der Waals surface area (Å²) in [5.74, 6) is 1.22. The van der Waals surface area contributed by atoms with Crippen molar-refractivity contribution in [2.24, 2.45) is 5.92 Å². The third-order valence-electron chi connectivity index (χ3n) is 3.45. The van der Waals surface area contributed by atoms with Crippen LogP contribution in [0.3, 0.4) is 0 Å². The molecule has 0 unspecified atom stereocenters. The zero-order valence-corrected chi connectivity index (χ0v) is 12.7. The van der Waals surface area contributed by atoms with Crippen LogP contribution in [0.4, 0.5) is 10.5 Å². The number of hydrogen-bond donors (Lipinski definition) is 2. The van der Waals surface area contributed by atoms with Crippen LogP contribution in [0.15, 0.2) is 24.3 Å². The molecule has 1 rings (SSSR count). The predicted octanol–water partition coefficient (Wildman–Crippen LogP) is 4.03. The number of unbranched alkanes of at least 4 members (excludes halogenated alkanes) is 1. The van der Waals surface area contributed by atoms with E-state index in [9.17, 15) is 4.79 Å². The van der Waals surface area contributed by atoms with E-state index in [2.05, 4.69) is 24.5 Å². The second-order valence-electron chi connectivity index (χ2n) is 4.95. The van der Waals surface area contributed by atoms with Gasteiger partial charge in [-0.1, -0.05) is 45.2 Å². The van der Waals surface area contributed by atoms with Crippen molar-refractivity contribution in [1.29, 1.82) is 0 Å².